The summed E-state index contributed by atoms with van der Waals surface area (Å²) in [5, 5.41) is 12.0. The van der Waals surface area contributed by atoms with Crippen LogP contribution in [-0.2, 0) is 22.6 Å². The Kier molecular flexibility index (Phi) is 5.93. The van der Waals surface area contributed by atoms with Gasteiger partial charge in [0.05, 0.1) is 13.5 Å². The van der Waals surface area contributed by atoms with Crippen LogP contribution in [0.5, 0.6) is 5.75 Å². The molecule has 2 amide bonds. The summed E-state index contributed by atoms with van der Waals surface area (Å²) in [5.74, 6) is -0.843. The zero-order chi connectivity index (χ0) is 20.1. The second-order valence-electron chi connectivity index (χ2n) is 6.61. The lowest BCUT2D eigenvalue weighted by Gasteiger charge is -2.16. The van der Waals surface area contributed by atoms with E-state index in [0.29, 0.717) is 12.0 Å². The summed E-state index contributed by atoms with van der Waals surface area (Å²) < 4.78 is 5.03. The van der Waals surface area contributed by atoms with Crippen molar-refractivity contribution in [3.63, 3.8) is 0 Å². The van der Waals surface area contributed by atoms with E-state index in [-0.39, 0.29) is 36.1 Å². The van der Waals surface area contributed by atoms with Crippen LogP contribution in [0, 0.1) is 0 Å². The van der Waals surface area contributed by atoms with Crippen molar-refractivity contribution in [1.82, 2.24) is 5.32 Å². The average molecular weight is 382 g/mol. The molecule has 3 rings (SSSR count). The predicted octanol–water partition coefficient (Wildman–Crippen LogP) is 2.38. The van der Waals surface area contributed by atoms with Crippen molar-refractivity contribution < 1.29 is 24.2 Å². The molecule has 1 aliphatic rings. The third-order valence-electron chi connectivity index (χ3n) is 4.67. The maximum atomic E-state index is 12.2. The zero-order valence-electron chi connectivity index (χ0n) is 15.6. The summed E-state index contributed by atoms with van der Waals surface area (Å²) >= 11 is 0. The van der Waals surface area contributed by atoms with Crippen molar-refractivity contribution >= 4 is 23.5 Å². The number of benzene rings is 2. The second-order valence-corrected chi connectivity index (χ2v) is 6.61. The van der Waals surface area contributed by atoms with Gasteiger partial charge in [-0.25, -0.2) is 4.79 Å². The molecule has 7 heteroatoms. The van der Waals surface area contributed by atoms with Crippen LogP contribution in [-0.4, -0.2) is 36.5 Å². The maximum Gasteiger partial charge on any atom is 0.339 e. The number of hydrogen-bond acceptors (Lipinski definition) is 4. The number of rotatable bonds is 7. The minimum atomic E-state index is -1.08. The van der Waals surface area contributed by atoms with E-state index in [4.69, 9.17) is 4.74 Å². The number of ether oxygens (including phenoxy) is 1. The van der Waals surface area contributed by atoms with Gasteiger partial charge in [-0.3, -0.25) is 9.59 Å². The van der Waals surface area contributed by atoms with Crippen LogP contribution in [0.3, 0.4) is 0 Å². The highest BCUT2D eigenvalue weighted by Crippen LogP contribution is 2.22. The van der Waals surface area contributed by atoms with Crippen LogP contribution in [0.25, 0.3) is 0 Å². The molecule has 146 valence electrons. The molecule has 7 nitrogen and oxygen atoms in total. The van der Waals surface area contributed by atoms with Gasteiger partial charge in [0.1, 0.15) is 11.3 Å². The number of nitrogens with zero attached hydrogens (tertiary/aromatic N) is 1. The van der Waals surface area contributed by atoms with Crippen molar-refractivity contribution in [2.75, 3.05) is 18.6 Å². The summed E-state index contributed by atoms with van der Waals surface area (Å²) in [6, 6.07) is 12.2. The van der Waals surface area contributed by atoms with E-state index >= 15 is 0 Å². The van der Waals surface area contributed by atoms with E-state index in [9.17, 15) is 19.5 Å². The van der Waals surface area contributed by atoms with Gasteiger partial charge in [0.25, 0.3) is 0 Å². The van der Waals surface area contributed by atoms with E-state index in [1.54, 1.807) is 17.0 Å². The number of carboxylic acids is 1. The Balaban J connectivity index is 1.56. The maximum absolute atomic E-state index is 12.2. The van der Waals surface area contributed by atoms with Gasteiger partial charge in [0, 0.05) is 25.2 Å². The monoisotopic (exact) mass is 382 g/mol. The number of anilines is 1. The Bertz CT molecular complexity index is 892. The highest BCUT2D eigenvalue weighted by molar-refractivity contribution is 5.95. The first-order chi connectivity index (χ1) is 13.5. The van der Waals surface area contributed by atoms with E-state index in [1.165, 1.54) is 13.2 Å². The zero-order valence-corrected chi connectivity index (χ0v) is 15.6. The van der Waals surface area contributed by atoms with Crippen LogP contribution < -0.4 is 15.0 Å². The van der Waals surface area contributed by atoms with E-state index in [2.05, 4.69) is 5.32 Å². The summed E-state index contributed by atoms with van der Waals surface area (Å²) in [6.45, 7) is 0.961. The molecule has 1 fully saturated rings. The number of carbonyl (C=O) groups is 3. The summed E-state index contributed by atoms with van der Waals surface area (Å²) in [5.41, 5.74) is 2.43. The molecule has 0 aromatic heterocycles. The molecule has 1 aliphatic heterocycles. The smallest absolute Gasteiger partial charge is 0.339 e. The van der Waals surface area contributed by atoms with E-state index < -0.39 is 5.97 Å². The second kappa shape index (κ2) is 8.56. The lowest BCUT2D eigenvalue weighted by molar-refractivity contribution is -0.120. The lowest BCUT2D eigenvalue weighted by Crippen LogP contribution is -2.25. The van der Waals surface area contributed by atoms with Gasteiger partial charge in [-0.15, -0.1) is 0 Å². The van der Waals surface area contributed by atoms with Crippen molar-refractivity contribution in [3.05, 3.63) is 59.2 Å². The molecule has 0 bridgehead atoms. The van der Waals surface area contributed by atoms with Gasteiger partial charge in [-0.05, 0) is 41.8 Å². The summed E-state index contributed by atoms with van der Waals surface area (Å²) in [4.78, 5) is 37.0. The Morgan fingerprint density at radius 3 is 2.46 bits per heavy atom. The fourth-order valence-corrected chi connectivity index (χ4v) is 3.20. The molecule has 1 heterocycles. The first-order valence-electron chi connectivity index (χ1n) is 9.04. The molecular weight excluding hydrogens is 360 g/mol. The first kappa shape index (κ1) is 19.4. The SMILES string of the molecule is COc1ccc(CNC(=O)Cc2ccc(N3CCCC3=O)cc2)cc1C(=O)O. The van der Waals surface area contributed by atoms with Gasteiger partial charge in [0.2, 0.25) is 11.8 Å². The molecule has 1 saturated heterocycles. The normalized spacial score (nSPS) is 13.5. The summed E-state index contributed by atoms with van der Waals surface area (Å²) in [7, 11) is 1.41. The minimum Gasteiger partial charge on any atom is -0.496 e. The van der Waals surface area contributed by atoms with Crippen LogP contribution in [0.2, 0.25) is 0 Å². The topological polar surface area (TPSA) is 95.9 Å². The molecule has 2 aromatic carbocycles. The molecule has 0 spiro atoms. The van der Waals surface area contributed by atoms with Crippen LogP contribution in [0.4, 0.5) is 5.69 Å². The van der Waals surface area contributed by atoms with Crippen molar-refractivity contribution in [2.24, 2.45) is 0 Å². The number of hydrogen-bond donors (Lipinski definition) is 2. The largest absolute Gasteiger partial charge is 0.496 e. The molecular formula is C21H22N2O5. The Morgan fingerprint density at radius 1 is 1.14 bits per heavy atom. The Morgan fingerprint density at radius 2 is 1.86 bits per heavy atom. The number of carboxylic acid groups (broad SMARTS) is 1. The highest BCUT2D eigenvalue weighted by Gasteiger charge is 2.21. The van der Waals surface area contributed by atoms with Crippen molar-refractivity contribution in [1.29, 1.82) is 0 Å². The van der Waals surface area contributed by atoms with Gasteiger partial charge >= 0.3 is 5.97 Å². The van der Waals surface area contributed by atoms with Crippen LogP contribution >= 0.6 is 0 Å². The molecule has 0 saturated carbocycles. The molecule has 0 atom stereocenters. The van der Waals surface area contributed by atoms with E-state index in [0.717, 1.165) is 24.2 Å². The van der Waals surface area contributed by atoms with Gasteiger partial charge < -0.3 is 20.1 Å². The Hall–Kier alpha value is -3.35. The molecule has 0 aliphatic carbocycles. The third-order valence-corrected chi connectivity index (χ3v) is 4.67. The third kappa shape index (κ3) is 4.49. The van der Waals surface area contributed by atoms with Gasteiger partial charge in [0.15, 0.2) is 0 Å². The minimum absolute atomic E-state index is 0.0568. The predicted molar refractivity (Wildman–Crippen MR) is 104 cm³/mol. The number of nitrogens with one attached hydrogen (secondary N) is 1. The van der Waals surface area contributed by atoms with Crippen molar-refractivity contribution in [2.45, 2.75) is 25.8 Å². The number of amides is 2. The number of aromatic carboxylic acids is 1. The van der Waals surface area contributed by atoms with Crippen molar-refractivity contribution in [3.8, 4) is 5.75 Å². The Labute approximate surface area is 162 Å². The van der Waals surface area contributed by atoms with Crippen LogP contribution in [0.1, 0.15) is 34.3 Å². The quantitative estimate of drug-likeness (QED) is 0.767. The molecule has 28 heavy (non-hydrogen) atoms. The van der Waals surface area contributed by atoms with Crippen LogP contribution in [0.15, 0.2) is 42.5 Å². The summed E-state index contributed by atoms with van der Waals surface area (Å²) in [6.07, 6.45) is 1.66. The molecule has 2 N–H and O–H groups in total. The van der Waals surface area contributed by atoms with Gasteiger partial charge in [-0.1, -0.05) is 18.2 Å². The fourth-order valence-electron chi connectivity index (χ4n) is 3.20. The average Bonchev–Trinajstić information content (AvgIpc) is 3.12. The first-order valence-corrected chi connectivity index (χ1v) is 9.04. The molecule has 2 aromatic rings. The van der Waals surface area contributed by atoms with Gasteiger partial charge in [-0.2, -0.15) is 0 Å². The number of carbonyl (C=O) groups excluding carboxylic acids is 2. The van der Waals surface area contributed by atoms with E-state index in [1.807, 2.05) is 24.3 Å². The standard InChI is InChI=1S/C21H22N2O5/c1-28-18-9-6-15(11-17(18)21(26)27)13-22-19(24)12-14-4-7-16(8-5-14)23-10-2-3-20(23)25/h4-9,11H,2-3,10,12-13H2,1H3,(H,22,24)(H,26,27). The molecule has 0 unspecified atom stereocenters. The number of methoxy groups -OCH3 is 1. The fraction of sp³-hybridized carbons (Fsp3) is 0.286. The highest BCUT2D eigenvalue weighted by atomic mass is 16.5. The lowest BCUT2D eigenvalue weighted by atomic mass is 10.1. The molecule has 0 radical (unpaired) electrons.